The highest BCUT2D eigenvalue weighted by Crippen LogP contribution is 2.11. The Kier molecular flexibility index (Phi) is 3.16. The highest BCUT2D eigenvalue weighted by Gasteiger charge is 2.12. The van der Waals surface area contributed by atoms with Gasteiger partial charge < -0.3 is 10.6 Å². The molecule has 14 heavy (non-hydrogen) atoms. The molecule has 1 aliphatic rings. The summed E-state index contributed by atoms with van der Waals surface area (Å²) in [4.78, 5) is 7.91. The fourth-order valence-corrected chi connectivity index (χ4v) is 1.75. The van der Waals surface area contributed by atoms with Gasteiger partial charge in [0.25, 0.3) is 0 Å². The Morgan fingerprint density at radius 1 is 1.57 bits per heavy atom. The third-order valence-corrected chi connectivity index (χ3v) is 2.46. The van der Waals surface area contributed by atoms with Crippen LogP contribution in [0.25, 0.3) is 0 Å². The molecule has 0 spiro atoms. The van der Waals surface area contributed by atoms with E-state index in [0.29, 0.717) is 11.3 Å². The van der Waals surface area contributed by atoms with Crippen molar-refractivity contribution < 1.29 is 0 Å². The lowest BCUT2D eigenvalue weighted by Crippen LogP contribution is -2.38. The number of aromatic nitrogens is 2. The highest BCUT2D eigenvalue weighted by atomic mass is 35.5. The van der Waals surface area contributed by atoms with Crippen molar-refractivity contribution >= 4 is 17.4 Å². The first-order valence-electron chi connectivity index (χ1n) is 4.80. The molecule has 1 aromatic rings. The molecule has 76 valence electrons. The summed E-state index contributed by atoms with van der Waals surface area (Å²) in [7, 11) is 0. The fourth-order valence-electron chi connectivity index (χ4n) is 1.60. The summed E-state index contributed by atoms with van der Waals surface area (Å²) < 4.78 is 0. The van der Waals surface area contributed by atoms with Gasteiger partial charge in [-0.15, -0.1) is 0 Å². The van der Waals surface area contributed by atoms with E-state index in [2.05, 4.69) is 20.6 Å². The molecule has 1 saturated heterocycles. The lowest BCUT2D eigenvalue weighted by Gasteiger charge is -2.24. The van der Waals surface area contributed by atoms with E-state index in [-0.39, 0.29) is 0 Å². The van der Waals surface area contributed by atoms with Crippen LogP contribution in [-0.4, -0.2) is 29.1 Å². The van der Waals surface area contributed by atoms with Crippen molar-refractivity contribution in [2.45, 2.75) is 18.9 Å². The van der Waals surface area contributed by atoms with Crippen LogP contribution in [0, 0.1) is 0 Å². The highest BCUT2D eigenvalue weighted by molar-refractivity contribution is 6.28. The average Bonchev–Trinajstić information content (AvgIpc) is 2.19. The number of rotatable bonds is 2. The van der Waals surface area contributed by atoms with Gasteiger partial charge in [-0.2, -0.15) is 0 Å². The molecule has 0 radical (unpaired) electrons. The summed E-state index contributed by atoms with van der Waals surface area (Å²) in [5.74, 6) is 0.804. The Morgan fingerprint density at radius 3 is 3.21 bits per heavy atom. The van der Waals surface area contributed by atoms with Crippen LogP contribution in [0.5, 0.6) is 0 Å². The molecule has 1 fully saturated rings. The topological polar surface area (TPSA) is 49.8 Å². The number of nitrogens with zero attached hydrogens (tertiary/aromatic N) is 2. The number of hydrogen-bond acceptors (Lipinski definition) is 4. The zero-order valence-corrected chi connectivity index (χ0v) is 8.59. The van der Waals surface area contributed by atoms with E-state index in [0.717, 1.165) is 18.9 Å². The van der Waals surface area contributed by atoms with E-state index in [1.807, 2.05) is 6.07 Å². The maximum Gasteiger partial charge on any atom is 0.224 e. The molecule has 0 aliphatic carbocycles. The second-order valence-corrected chi connectivity index (χ2v) is 3.74. The van der Waals surface area contributed by atoms with Gasteiger partial charge in [0.2, 0.25) is 5.28 Å². The van der Waals surface area contributed by atoms with Crippen molar-refractivity contribution in [1.29, 1.82) is 0 Å². The number of anilines is 1. The average molecular weight is 213 g/mol. The standard InChI is InChI=1S/C9H13ClN4/c10-9-12-5-3-8(14-9)13-7-2-1-4-11-6-7/h3,5,7,11H,1-2,4,6H2,(H,12,13,14). The Bertz CT molecular complexity index is 299. The van der Waals surface area contributed by atoms with Gasteiger partial charge in [0.1, 0.15) is 5.82 Å². The second-order valence-electron chi connectivity index (χ2n) is 3.40. The number of halogens is 1. The number of hydrogen-bond donors (Lipinski definition) is 2. The van der Waals surface area contributed by atoms with Gasteiger partial charge in [0, 0.05) is 18.8 Å². The molecular formula is C9H13ClN4. The lowest BCUT2D eigenvalue weighted by molar-refractivity contribution is 0.479. The zero-order chi connectivity index (χ0) is 9.80. The quantitative estimate of drug-likeness (QED) is 0.726. The van der Waals surface area contributed by atoms with Gasteiger partial charge >= 0.3 is 0 Å². The lowest BCUT2D eigenvalue weighted by atomic mass is 10.1. The Morgan fingerprint density at radius 2 is 2.50 bits per heavy atom. The SMILES string of the molecule is Clc1nccc(NC2CCCNC2)n1. The third-order valence-electron chi connectivity index (χ3n) is 2.28. The Balaban J connectivity index is 1.95. The minimum Gasteiger partial charge on any atom is -0.366 e. The van der Waals surface area contributed by atoms with Gasteiger partial charge in [0.15, 0.2) is 0 Å². The third kappa shape index (κ3) is 2.56. The Hall–Kier alpha value is -0.870. The molecule has 1 aromatic heterocycles. The van der Waals surface area contributed by atoms with E-state index in [4.69, 9.17) is 11.6 Å². The molecule has 0 aromatic carbocycles. The first-order chi connectivity index (χ1) is 6.84. The van der Waals surface area contributed by atoms with E-state index in [9.17, 15) is 0 Å². The van der Waals surface area contributed by atoms with Crippen LogP contribution < -0.4 is 10.6 Å². The molecule has 4 nitrogen and oxygen atoms in total. The van der Waals surface area contributed by atoms with Crippen molar-refractivity contribution in [3.05, 3.63) is 17.5 Å². The van der Waals surface area contributed by atoms with Crippen molar-refractivity contribution in [3.8, 4) is 0 Å². The number of nitrogens with one attached hydrogen (secondary N) is 2. The molecule has 1 atom stereocenters. The molecule has 0 amide bonds. The fraction of sp³-hybridized carbons (Fsp3) is 0.556. The first-order valence-corrected chi connectivity index (χ1v) is 5.18. The van der Waals surface area contributed by atoms with E-state index < -0.39 is 0 Å². The summed E-state index contributed by atoms with van der Waals surface area (Å²) in [6.07, 6.45) is 4.04. The maximum absolute atomic E-state index is 5.68. The van der Waals surface area contributed by atoms with Crippen molar-refractivity contribution in [1.82, 2.24) is 15.3 Å². The summed E-state index contributed by atoms with van der Waals surface area (Å²) in [5.41, 5.74) is 0. The van der Waals surface area contributed by atoms with Gasteiger partial charge in [0.05, 0.1) is 0 Å². The molecule has 2 heterocycles. The summed E-state index contributed by atoms with van der Waals surface area (Å²) in [5, 5.41) is 6.94. The van der Waals surface area contributed by atoms with Crippen molar-refractivity contribution in [2.24, 2.45) is 0 Å². The van der Waals surface area contributed by atoms with Crippen LogP contribution in [-0.2, 0) is 0 Å². The Labute approximate surface area is 88.1 Å². The summed E-state index contributed by atoms with van der Waals surface area (Å²) in [6, 6.07) is 2.29. The van der Waals surface area contributed by atoms with Gasteiger partial charge in [-0.25, -0.2) is 9.97 Å². The normalized spacial score (nSPS) is 21.9. The first kappa shape index (κ1) is 9.68. The zero-order valence-electron chi connectivity index (χ0n) is 7.83. The van der Waals surface area contributed by atoms with E-state index in [1.165, 1.54) is 12.8 Å². The monoisotopic (exact) mass is 212 g/mol. The van der Waals surface area contributed by atoms with Crippen LogP contribution in [0.15, 0.2) is 12.3 Å². The minimum atomic E-state index is 0.291. The molecule has 5 heteroatoms. The smallest absolute Gasteiger partial charge is 0.224 e. The summed E-state index contributed by atoms with van der Waals surface area (Å²) >= 11 is 5.68. The van der Waals surface area contributed by atoms with E-state index >= 15 is 0 Å². The van der Waals surface area contributed by atoms with E-state index in [1.54, 1.807) is 6.20 Å². The maximum atomic E-state index is 5.68. The van der Waals surface area contributed by atoms with Crippen LogP contribution in [0.1, 0.15) is 12.8 Å². The predicted octanol–water partition coefficient (Wildman–Crippen LogP) is 1.29. The van der Waals surface area contributed by atoms with Crippen LogP contribution in [0.3, 0.4) is 0 Å². The van der Waals surface area contributed by atoms with Crippen molar-refractivity contribution in [2.75, 3.05) is 18.4 Å². The predicted molar refractivity (Wildman–Crippen MR) is 56.6 cm³/mol. The second kappa shape index (κ2) is 4.57. The number of piperidine rings is 1. The molecule has 0 saturated carbocycles. The molecule has 2 N–H and O–H groups in total. The molecule has 2 rings (SSSR count). The van der Waals surface area contributed by atoms with Gasteiger partial charge in [-0.05, 0) is 37.1 Å². The van der Waals surface area contributed by atoms with Crippen LogP contribution in [0.4, 0.5) is 5.82 Å². The molecular weight excluding hydrogens is 200 g/mol. The minimum absolute atomic E-state index is 0.291. The molecule has 1 unspecified atom stereocenters. The van der Waals surface area contributed by atoms with Gasteiger partial charge in [-0.3, -0.25) is 0 Å². The van der Waals surface area contributed by atoms with Crippen LogP contribution >= 0.6 is 11.6 Å². The van der Waals surface area contributed by atoms with Crippen LogP contribution in [0.2, 0.25) is 5.28 Å². The largest absolute Gasteiger partial charge is 0.366 e. The van der Waals surface area contributed by atoms with Gasteiger partial charge in [-0.1, -0.05) is 0 Å². The molecule has 0 bridgehead atoms. The summed E-state index contributed by atoms with van der Waals surface area (Å²) in [6.45, 7) is 2.10. The van der Waals surface area contributed by atoms with Crippen molar-refractivity contribution in [3.63, 3.8) is 0 Å². The molecule has 1 aliphatic heterocycles.